The fourth-order valence-electron chi connectivity index (χ4n) is 2.28. The molecule has 0 saturated heterocycles. The highest BCUT2D eigenvalue weighted by Gasteiger charge is 2.14. The van der Waals surface area contributed by atoms with Gasteiger partial charge < -0.3 is 4.90 Å². The average Bonchev–Trinajstić information content (AvgIpc) is 2.54. The fourth-order valence-corrected chi connectivity index (χ4v) is 2.28. The van der Waals surface area contributed by atoms with Crippen molar-refractivity contribution in [2.24, 2.45) is 4.99 Å². The smallest absolute Gasteiger partial charge is 0.278 e. The van der Waals surface area contributed by atoms with Crippen molar-refractivity contribution in [2.45, 2.75) is 6.42 Å². The second kappa shape index (κ2) is 7.36. The van der Waals surface area contributed by atoms with Crippen LogP contribution in [0.25, 0.3) is 11.1 Å². The number of allylic oxidation sites excluding steroid dienone is 1. The van der Waals surface area contributed by atoms with Gasteiger partial charge in [-0.05, 0) is 29.2 Å². The van der Waals surface area contributed by atoms with E-state index in [1.165, 1.54) is 6.34 Å². The summed E-state index contributed by atoms with van der Waals surface area (Å²) in [7, 11) is 3.67. The summed E-state index contributed by atoms with van der Waals surface area (Å²) in [5.41, 5.74) is 3.72. The van der Waals surface area contributed by atoms with Gasteiger partial charge in [-0.3, -0.25) is 4.79 Å². The van der Waals surface area contributed by atoms with Crippen molar-refractivity contribution >= 4 is 12.2 Å². The molecule has 0 aliphatic carbocycles. The summed E-state index contributed by atoms with van der Waals surface area (Å²) >= 11 is 0. The van der Waals surface area contributed by atoms with E-state index in [-0.39, 0.29) is 5.91 Å². The lowest BCUT2D eigenvalue weighted by Crippen LogP contribution is -2.11. The second-order valence-electron chi connectivity index (χ2n) is 5.20. The van der Waals surface area contributed by atoms with Gasteiger partial charge in [-0.25, -0.2) is 0 Å². The Balaban J connectivity index is 2.51. The quantitative estimate of drug-likeness (QED) is 0.477. The number of rotatable bonds is 5. The van der Waals surface area contributed by atoms with Crippen LogP contribution in [0.1, 0.15) is 15.9 Å². The van der Waals surface area contributed by atoms with Crippen molar-refractivity contribution in [1.82, 2.24) is 4.90 Å². The normalized spacial score (nSPS) is 10.6. The van der Waals surface area contributed by atoms with E-state index in [1.807, 2.05) is 68.7 Å². The Morgan fingerprint density at radius 3 is 2.50 bits per heavy atom. The number of hydrogen-bond donors (Lipinski definition) is 0. The van der Waals surface area contributed by atoms with Crippen molar-refractivity contribution in [2.75, 3.05) is 14.1 Å². The maximum Gasteiger partial charge on any atom is 0.278 e. The lowest BCUT2D eigenvalue weighted by Gasteiger charge is -2.12. The van der Waals surface area contributed by atoms with Gasteiger partial charge in [-0.2, -0.15) is 4.99 Å². The molecular weight excluding hydrogens is 272 g/mol. The lowest BCUT2D eigenvalue weighted by atomic mass is 9.93. The second-order valence-corrected chi connectivity index (χ2v) is 5.20. The molecule has 0 saturated carbocycles. The minimum atomic E-state index is -0.233. The third-order valence-corrected chi connectivity index (χ3v) is 3.25. The van der Waals surface area contributed by atoms with Gasteiger partial charge in [-0.1, -0.05) is 48.5 Å². The highest BCUT2D eigenvalue weighted by molar-refractivity contribution is 6.01. The van der Waals surface area contributed by atoms with E-state index in [2.05, 4.69) is 11.6 Å². The highest BCUT2D eigenvalue weighted by Crippen LogP contribution is 2.27. The Morgan fingerprint density at radius 2 is 1.86 bits per heavy atom. The summed E-state index contributed by atoms with van der Waals surface area (Å²) in [6.45, 7) is 3.81. The van der Waals surface area contributed by atoms with E-state index >= 15 is 0 Å². The summed E-state index contributed by atoms with van der Waals surface area (Å²) in [5, 5.41) is 0. The van der Waals surface area contributed by atoms with Crippen LogP contribution in [0.5, 0.6) is 0 Å². The third-order valence-electron chi connectivity index (χ3n) is 3.25. The van der Waals surface area contributed by atoms with Crippen LogP contribution in [0.2, 0.25) is 0 Å². The molecule has 0 radical (unpaired) electrons. The predicted molar refractivity (Wildman–Crippen MR) is 92.3 cm³/mol. The molecule has 0 spiro atoms. The molecule has 0 N–H and O–H groups in total. The monoisotopic (exact) mass is 292 g/mol. The Morgan fingerprint density at radius 1 is 1.14 bits per heavy atom. The van der Waals surface area contributed by atoms with Crippen LogP contribution >= 0.6 is 0 Å². The van der Waals surface area contributed by atoms with Crippen molar-refractivity contribution < 1.29 is 4.79 Å². The topological polar surface area (TPSA) is 32.7 Å². The molecule has 3 nitrogen and oxygen atoms in total. The zero-order valence-corrected chi connectivity index (χ0v) is 13.0. The molecule has 0 bridgehead atoms. The predicted octanol–water partition coefficient (Wildman–Crippen LogP) is 3.81. The zero-order valence-electron chi connectivity index (χ0n) is 13.0. The van der Waals surface area contributed by atoms with Gasteiger partial charge in [0.15, 0.2) is 0 Å². The maximum absolute atomic E-state index is 12.4. The van der Waals surface area contributed by atoms with Gasteiger partial charge in [0.2, 0.25) is 0 Å². The summed E-state index contributed by atoms with van der Waals surface area (Å²) in [5.74, 6) is -0.233. The largest absolute Gasteiger partial charge is 0.369 e. The number of carbonyl (C=O) groups excluding carboxylic acids is 1. The van der Waals surface area contributed by atoms with Crippen molar-refractivity contribution in [3.05, 3.63) is 72.3 Å². The first-order chi connectivity index (χ1) is 10.6. The summed E-state index contributed by atoms with van der Waals surface area (Å²) < 4.78 is 0. The maximum atomic E-state index is 12.4. The first-order valence-electron chi connectivity index (χ1n) is 7.16. The van der Waals surface area contributed by atoms with Crippen LogP contribution in [0.15, 0.2) is 66.2 Å². The third kappa shape index (κ3) is 3.70. The fraction of sp³-hybridized carbons (Fsp3) is 0.158. The lowest BCUT2D eigenvalue weighted by molar-refractivity contribution is 0.100. The minimum Gasteiger partial charge on any atom is -0.369 e. The van der Waals surface area contributed by atoms with Crippen LogP contribution in [-0.2, 0) is 6.42 Å². The number of carbonyl (C=O) groups is 1. The van der Waals surface area contributed by atoms with Crippen molar-refractivity contribution in [1.29, 1.82) is 0 Å². The van der Waals surface area contributed by atoms with Gasteiger partial charge in [0.1, 0.15) is 0 Å². The van der Waals surface area contributed by atoms with Crippen molar-refractivity contribution in [3.8, 4) is 11.1 Å². The molecule has 2 rings (SSSR count). The van der Waals surface area contributed by atoms with E-state index in [4.69, 9.17) is 0 Å². The SMILES string of the molecule is C=CCc1c(C(=O)N=CN(C)C)cccc1-c1ccccc1. The van der Waals surface area contributed by atoms with Gasteiger partial charge in [-0.15, -0.1) is 6.58 Å². The van der Waals surface area contributed by atoms with Crippen LogP contribution in [0.4, 0.5) is 0 Å². The number of aliphatic imine (C=N–C) groups is 1. The molecule has 1 amide bonds. The highest BCUT2D eigenvalue weighted by atomic mass is 16.1. The Labute approximate surface area is 131 Å². The van der Waals surface area contributed by atoms with E-state index in [9.17, 15) is 4.79 Å². The first-order valence-corrected chi connectivity index (χ1v) is 7.16. The summed E-state index contributed by atoms with van der Waals surface area (Å²) in [6.07, 6.45) is 3.97. The molecular formula is C19H20N2O. The average molecular weight is 292 g/mol. The molecule has 2 aromatic carbocycles. The van der Waals surface area contributed by atoms with E-state index in [0.29, 0.717) is 12.0 Å². The molecule has 0 unspecified atom stereocenters. The number of nitrogens with zero attached hydrogens (tertiary/aromatic N) is 2. The Hall–Kier alpha value is -2.68. The standard InChI is InChI=1S/C19H20N2O/c1-4-9-17-16(15-10-6-5-7-11-15)12-8-13-18(17)19(22)20-14-21(2)3/h4-8,10-14H,1,9H2,2-3H3. The molecule has 0 heterocycles. The molecule has 0 atom stereocenters. The number of benzene rings is 2. The van der Waals surface area contributed by atoms with E-state index < -0.39 is 0 Å². The van der Waals surface area contributed by atoms with Crippen molar-refractivity contribution in [3.63, 3.8) is 0 Å². The molecule has 0 fully saturated rings. The van der Waals surface area contributed by atoms with Crippen LogP contribution in [-0.4, -0.2) is 31.2 Å². The van der Waals surface area contributed by atoms with Crippen LogP contribution in [0, 0.1) is 0 Å². The Kier molecular flexibility index (Phi) is 5.26. The van der Waals surface area contributed by atoms with Crippen LogP contribution in [0.3, 0.4) is 0 Å². The summed E-state index contributed by atoms with van der Waals surface area (Å²) in [6, 6.07) is 15.8. The molecule has 0 aliphatic heterocycles. The minimum absolute atomic E-state index is 0.233. The first kappa shape index (κ1) is 15.7. The summed E-state index contributed by atoms with van der Waals surface area (Å²) in [4.78, 5) is 18.1. The molecule has 0 aliphatic rings. The van der Waals surface area contributed by atoms with Gasteiger partial charge in [0.05, 0.1) is 6.34 Å². The molecule has 22 heavy (non-hydrogen) atoms. The molecule has 3 heteroatoms. The Bertz CT molecular complexity index is 688. The molecule has 112 valence electrons. The number of hydrogen-bond acceptors (Lipinski definition) is 1. The van der Waals surface area contributed by atoms with Gasteiger partial charge >= 0.3 is 0 Å². The van der Waals surface area contributed by atoms with Crippen LogP contribution < -0.4 is 0 Å². The van der Waals surface area contributed by atoms with Gasteiger partial charge in [0, 0.05) is 19.7 Å². The van der Waals surface area contributed by atoms with E-state index in [1.54, 1.807) is 4.90 Å². The zero-order chi connectivity index (χ0) is 15.9. The van der Waals surface area contributed by atoms with E-state index in [0.717, 1.165) is 16.7 Å². The van der Waals surface area contributed by atoms with Gasteiger partial charge in [0.25, 0.3) is 5.91 Å². The number of amides is 1. The molecule has 0 aromatic heterocycles. The molecule has 2 aromatic rings.